The van der Waals surface area contributed by atoms with Crippen LogP contribution in [-0.2, 0) is 0 Å². The molecule has 0 saturated carbocycles. The number of nitrogens with one attached hydrogen (secondary N) is 1. The van der Waals surface area contributed by atoms with E-state index in [0.29, 0.717) is 21.0 Å². The predicted octanol–water partition coefficient (Wildman–Crippen LogP) is 4.51. The summed E-state index contributed by atoms with van der Waals surface area (Å²) in [5.74, 6) is 0. The van der Waals surface area contributed by atoms with Gasteiger partial charge in [-0.15, -0.1) is 0 Å². The van der Waals surface area contributed by atoms with Crippen LogP contribution in [-0.4, -0.2) is 19.9 Å². The largest absolute Gasteiger partial charge is 0.322 e. The van der Waals surface area contributed by atoms with Crippen LogP contribution in [0.4, 0.5) is 0 Å². The molecule has 0 fully saturated rings. The van der Waals surface area contributed by atoms with Crippen LogP contribution in [0.5, 0.6) is 0 Å². The highest BCUT2D eigenvalue weighted by atomic mass is 35.5. The summed E-state index contributed by atoms with van der Waals surface area (Å²) >= 11 is 17.0. The number of hydrogen-bond donors (Lipinski definition) is 1. The van der Waals surface area contributed by atoms with Gasteiger partial charge in [-0.3, -0.25) is 4.79 Å². The molecule has 8 heteroatoms. The van der Waals surface area contributed by atoms with Gasteiger partial charge >= 0.3 is 0 Å². The number of hydrogen-bond acceptors (Lipinski definition) is 4. The Morgan fingerprint density at radius 3 is 2.25 bits per heavy atom. The fraction of sp³-hybridized carbons (Fsp3) is 0. The zero-order valence-electron chi connectivity index (χ0n) is 12.0. The maximum atomic E-state index is 10.9. The molecule has 0 aliphatic rings. The van der Waals surface area contributed by atoms with Crippen molar-refractivity contribution in [2.45, 2.75) is 0 Å². The van der Waals surface area contributed by atoms with E-state index in [9.17, 15) is 4.79 Å². The van der Waals surface area contributed by atoms with Crippen LogP contribution >= 0.6 is 34.8 Å². The van der Waals surface area contributed by atoms with Crippen molar-refractivity contribution in [3.63, 3.8) is 0 Å². The van der Waals surface area contributed by atoms with Crippen molar-refractivity contribution in [2.75, 3.05) is 0 Å². The summed E-state index contributed by atoms with van der Waals surface area (Å²) in [4.78, 5) is 25.4. The SMILES string of the molecule is Clc1cc2nc(Cl)ccc2cn1.O=c1ccc2cnc(Cl)cc2[nH]1. The van der Waals surface area contributed by atoms with Crippen molar-refractivity contribution in [3.05, 3.63) is 74.6 Å². The Morgan fingerprint density at radius 1 is 0.792 bits per heavy atom. The van der Waals surface area contributed by atoms with Gasteiger partial charge in [-0.2, -0.15) is 0 Å². The van der Waals surface area contributed by atoms with Gasteiger partial charge in [0.15, 0.2) is 0 Å². The molecule has 0 amide bonds. The van der Waals surface area contributed by atoms with Crippen molar-refractivity contribution in [3.8, 4) is 0 Å². The monoisotopic (exact) mass is 378 g/mol. The van der Waals surface area contributed by atoms with Gasteiger partial charge in [-0.1, -0.05) is 34.8 Å². The minimum Gasteiger partial charge on any atom is -0.322 e. The summed E-state index contributed by atoms with van der Waals surface area (Å²) in [6.07, 6.45) is 3.29. The number of aromatic amines is 1. The summed E-state index contributed by atoms with van der Waals surface area (Å²) in [6.45, 7) is 0. The van der Waals surface area contributed by atoms with E-state index >= 15 is 0 Å². The van der Waals surface area contributed by atoms with Crippen molar-refractivity contribution in [1.29, 1.82) is 0 Å². The van der Waals surface area contributed by atoms with E-state index in [-0.39, 0.29) is 5.56 Å². The first-order valence-corrected chi connectivity index (χ1v) is 7.87. The molecule has 120 valence electrons. The number of nitrogens with zero attached hydrogens (tertiary/aromatic N) is 3. The molecule has 0 saturated heterocycles. The van der Waals surface area contributed by atoms with Crippen molar-refractivity contribution >= 4 is 56.6 Å². The maximum Gasteiger partial charge on any atom is 0.248 e. The third-order valence-corrected chi connectivity index (χ3v) is 3.70. The molecule has 0 aliphatic heterocycles. The van der Waals surface area contributed by atoms with Crippen LogP contribution in [0, 0.1) is 0 Å². The molecule has 1 N–H and O–H groups in total. The summed E-state index contributed by atoms with van der Waals surface area (Å²) in [7, 11) is 0. The van der Waals surface area contributed by atoms with Crippen LogP contribution in [0.1, 0.15) is 0 Å². The zero-order chi connectivity index (χ0) is 17.1. The molecular formula is C16H9Cl3N4O. The average molecular weight is 380 g/mol. The zero-order valence-corrected chi connectivity index (χ0v) is 14.3. The molecule has 0 bridgehead atoms. The Hall–Kier alpha value is -2.21. The molecule has 0 atom stereocenters. The summed E-state index contributed by atoms with van der Waals surface area (Å²) in [6, 6.07) is 10.0. The van der Waals surface area contributed by atoms with Crippen molar-refractivity contribution < 1.29 is 0 Å². The topological polar surface area (TPSA) is 71.5 Å². The lowest BCUT2D eigenvalue weighted by atomic mass is 10.3. The molecular weight excluding hydrogens is 371 g/mol. The molecule has 4 aromatic rings. The van der Waals surface area contributed by atoms with Crippen molar-refractivity contribution in [1.82, 2.24) is 19.9 Å². The van der Waals surface area contributed by atoms with Gasteiger partial charge in [-0.05, 0) is 24.3 Å². The Balaban J connectivity index is 0.000000141. The first kappa shape index (κ1) is 16.6. The van der Waals surface area contributed by atoms with E-state index in [1.807, 2.05) is 6.07 Å². The van der Waals surface area contributed by atoms with Gasteiger partial charge in [-0.25, -0.2) is 15.0 Å². The van der Waals surface area contributed by atoms with Gasteiger partial charge in [0.25, 0.3) is 0 Å². The average Bonchev–Trinajstić information content (AvgIpc) is 2.54. The molecule has 0 spiro atoms. The van der Waals surface area contributed by atoms with Gasteiger partial charge in [0.05, 0.1) is 11.0 Å². The van der Waals surface area contributed by atoms with Gasteiger partial charge in [0, 0.05) is 35.3 Å². The Bertz CT molecular complexity index is 1040. The fourth-order valence-electron chi connectivity index (χ4n) is 1.99. The minimum absolute atomic E-state index is 0.134. The van der Waals surface area contributed by atoms with Crippen LogP contribution in [0.25, 0.3) is 21.8 Å². The lowest BCUT2D eigenvalue weighted by molar-refractivity contribution is 1.28. The quantitative estimate of drug-likeness (QED) is 0.456. The number of rotatable bonds is 0. The van der Waals surface area contributed by atoms with Crippen molar-refractivity contribution in [2.24, 2.45) is 0 Å². The van der Waals surface area contributed by atoms with Crippen LogP contribution in [0.3, 0.4) is 0 Å². The van der Waals surface area contributed by atoms with E-state index < -0.39 is 0 Å². The molecule has 0 aliphatic carbocycles. The number of H-pyrrole nitrogens is 1. The summed E-state index contributed by atoms with van der Waals surface area (Å²) in [5.41, 5.74) is 1.34. The highest BCUT2D eigenvalue weighted by molar-refractivity contribution is 6.31. The molecule has 4 rings (SSSR count). The van der Waals surface area contributed by atoms with Gasteiger partial charge in [0.2, 0.25) is 5.56 Å². The number of pyridine rings is 4. The van der Waals surface area contributed by atoms with Gasteiger partial charge in [0.1, 0.15) is 15.5 Å². The third kappa shape index (κ3) is 4.00. The van der Waals surface area contributed by atoms with E-state index in [4.69, 9.17) is 34.8 Å². The first-order chi connectivity index (χ1) is 11.5. The number of aromatic nitrogens is 4. The molecule has 0 unspecified atom stereocenters. The number of fused-ring (bicyclic) bond motifs is 2. The normalized spacial score (nSPS) is 10.5. The van der Waals surface area contributed by atoms with E-state index in [0.717, 1.165) is 16.3 Å². The Labute approximate surface area is 151 Å². The maximum absolute atomic E-state index is 10.9. The standard InChI is InChI=1S/C8H4Cl2N2.C8H5ClN2O/c9-7-2-1-5-4-11-8(10)3-6(5)12-7;9-7-3-6-5(4-10-7)1-2-8(12)11-6/h1-4H;1-4H,(H,11,12). The highest BCUT2D eigenvalue weighted by Gasteiger charge is 1.97. The summed E-state index contributed by atoms with van der Waals surface area (Å²) < 4.78 is 0. The predicted molar refractivity (Wildman–Crippen MR) is 96.9 cm³/mol. The smallest absolute Gasteiger partial charge is 0.248 e. The Morgan fingerprint density at radius 2 is 1.46 bits per heavy atom. The minimum atomic E-state index is -0.134. The molecule has 0 aromatic carbocycles. The highest BCUT2D eigenvalue weighted by Crippen LogP contribution is 2.17. The van der Waals surface area contributed by atoms with E-state index in [2.05, 4.69) is 19.9 Å². The van der Waals surface area contributed by atoms with E-state index in [1.54, 1.807) is 36.7 Å². The summed E-state index contributed by atoms with van der Waals surface area (Å²) in [5, 5.41) is 3.08. The second-order valence-corrected chi connectivity index (χ2v) is 5.91. The second kappa shape index (κ2) is 7.13. The molecule has 0 radical (unpaired) electrons. The third-order valence-electron chi connectivity index (χ3n) is 3.08. The number of halogens is 3. The second-order valence-electron chi connectivity index (χ2n) is 4.75. The first-order valence-electron chi connectivity index (χ1n) is 6.74. The fourth-order valence-corrected chi connectivity index (χ4v) is 2.45. The van der Waals surface area contributed by atoms with Crippen LogP contribution in [0.15, 0.2) is 53.6 Å². The van der Waals surface area contributed by atoms with Crippen LogP contribution in [0.2, 0.25) is 15.5 Å². The molecule has 24 heavy (non-hydrogen) atoms. The molecule has 4 heterocycles. The Kier molecular flexibility index (Phi) is 4.94. The van der Waals surface area contributed by atoms with E-state index in [1.165, 1.54) is 6.07 Å². The lowest BCUT2D eigenvalue weighted by Crippen LogP contribution is -2.02. The molecule has 4 aromatic heterocycles. The van der Waals surface area contributed by atoms with Gasteiger partial charge < -0.3 is 4.98 Å². The van der Waals surface area contributed by atoms with Crippen LogP contribution < -0.4 is 5.56 Å². The molecule has 5 nitrogen and oxygen atoms in total. The lowest BCUT2D eigenvalue weighted by Gasteiger charge is -1.96.